The predicted molar refractivity (Wildman–Crippen MR) is 87.1 cm³/mol. The molecule has 0 bridgehead atoms. The van der Waals surface area contributed by atoms with Crippen LogP contribution in [0.4, 0.5) is 4.39 Å². The topological polar surface area (TPSA) is 66.5 Å². The minimum Gasteiger partial charge on any atom is -0.358 e. The van der Waals surface area contributed by atoms with Gasteiger partial charge in [-0.2, -0.15) is 4.31 Å². The number of likely N-dealkylation sites (N-methyl/N-ethyl adjacent to an activating group) is 1. The molecule has 2 aromatic rings. The fourth-order valence-electron chi connectivity index (χ4n) is 2.92. The molecule has 0 saturated heterocycles. The van der Waals surface area contributed by atoms with E-state index in [1.165, 1.54) is 25.2 Å². The van der Waals surface area contributed by atoms with Crippen LogP contribution in [0.25, 0.3) is 0 Å². The van der Waals surface area contributed by atoms with Crippen molar-refractivity contribution in [1.29, 1.82) is 0 Å². The number of carbonyl (C=O) groups is 1. The van der Waals surface area contributed by atoms with Gasteiger partial charge in [0.15, 0.2) is 0 Å². The minimum atomic E-state index is -4.14. The molecular formula is C17H17FN2O3S. The first-order valence-electron chi connectivity index (χ1n) is 7.50. The van der Waals surface area contributed by atoms with Crippen LogP contribution in [0.1, 0.15) is 11.1 Å². The van der Waals surface area contributed by atoms with Gasteiger partial charge in [-0.05, 0) is 29.7 Å². The lowest BCUT2D eigenvalue weighted by molar-refractivity contribution is -0.124. The van der Waals surface area contributed by atoms with Crippen molar-refractivity contribution < 1.29 is 17.6 Å². The van der Waals surface area contributed by atoms with Crippen LogP contribution in [0.3, 0.4) is 0 Å². The van der Waals surface area contributed by atoms with Crippen LogP contribution >= 0.6 is 0 Å². The first kappa shape index (κ1) is 16.6. The number of nitrogens with one attached hydrogen (secondary N) is 1. The van der Waals surface area contributed by atoms with E-state index in [9.17, 15) is 17.6 Å². The maximum atomic E-state index is 14.0. The highest BCUT2D eigenvalue weighted by atomic mass is 32.2. The van der Waals surface area contributed by atoms with E-state index in [1.54, 1.807) is 0 Å². The third-order valence-electron chi connectivity index (χ3n) is 4.18. The predicted octanol–water partition coefficient (Wildman–Crippen LogP) is 1.69. The van der Waals surface area contributed by atoms with Gasteiger partial charge in [0.05, 0.1) is 0 Å². The zero-order valence-electron chi connectivity index (χ0n) is 13.1. The second-order valence-electron chi connectivity index (χ2n) is 5.58. The molecular weight excluding hydrogens is 331 g/mol. The van der Waals surface area contributed by atoms with Crippen LogP contribution in [0.15, 0.2) is 53.4 Å². The van der Waals surface area contributed by atoms with Crippen LogP contribution in [-0.2, 0) is 27.8 Å². The monoisotopic (exact) mass is 348 g/mol. The van der Waals surface area contributed by atoms with Crippen LogP contribution in [0.2, 0.25) is 0 Å². The van der Waals surface area contributed by atoms with Gasteiger partial charge in [-0.3, -0.25) is 4.79 Å². The summed E-state index contributed by atoms with van der Waals surface area (Å²) >= 11 is 0. The molecule has 1 atom stereocenters. The highest BCUT2D eigenvalue weighted by Crippen LogP contribution is 2.30. The maximum absolute atomic E-state index is 14.0. The van der Waals surface area contributed by atoms with E-state index in [0.29, 0.717) is 0 Å². The van der Waals surface area contributed by atoms with Gasteiger partial charge in [0, 0.05) is 13.6 Å². The number of fused-ring (bicyclic) bond motifs is 1. The average molecular weight is 348 g/mol. The Morgan fingerprint density at radius 2 is 1.75 bits per heavy atom. The largest absolute Gasteiger partial charge is 0.358 e. The molecule has 2 aromatic carbocycles. The molecule has 3 rings (SSSR count). The van der Waals surface area contributed by atoms with Crippen molar-refractivity contribution >= 4 is 15.9 Å². The van der Waals surface area contributed by atoms with Gasteiger partial charge in [-0.15, -0.1) is 0 Å². The molecule has 1 amide bonds. The molecule has 0 saturated carbocycles. The summed E-state index contributed by atoms with van der Waals surface area (Å²) in [5, 5.41) is 2.49. The number of amides is 1. The Morgan fingerprint density at radius 1 is 1.12 bits per heavy atom. The number of halogens is 1. The quantitative estimate of drug-likeness (QED) is 0.918. The fraction of sp³-hybridized carbons (Fsp3) is 0.235. The van der Waals surface area contributed by atoms with E-state index < -0.39 is 32.7 Å². The number of hydrogen-bond donors (Lipinski definition) is 1. The molecule has 5 nitrogen and oxygen atoms in total. The summed E-state index contributed by atoms with van der Waals surface area (Å²) in [6.45, 7) is 0.0327. The second-order valence-corrected chi connectivity index (χ2v) is 7.44. The van der Waals surface area contributed by atoms with Crippen LogP contribution in [0, 0.1) is 5.82 Å². The van der Waals surface area contributed by atoms with E-state index in [4.69, 9.17) is 0 Å². The number of nitrogens with zero attached hydrogens (tertiary/aromatic N) is 1. The Hall–Kier alpha value is -2.25. The summed E-state index contributed by atoms with van der Waals surface area (Å²) in [7, 11) is -2.69. The summed E-state index contributed by atoms with van der Waals surface area (Å²) in [5.74, 6) is -1.24. The van der Waals surface area contributed by atoms with Gasteiger partial charge in [-0.25, -0.2) is 12.8 Å². The summed E-state index contributed by atoms with van der Waals surface area (Å²) in [5.41, 5.74) is 1.74. The number of hydrogen-bond acceptors (Lipinski definition) is 3. The van der Waals surface area contributed by atoms with Gasteiger partial charge in [0.25, 0.3) is 0 Å². The maximum Gasteiger partial charge on any atom is 0.247 e. The summed E-state index contributed by atoms with van der Waals surface area (Å²) in [6, 6.07) is 11.6. The van der Waals surface area contributed by atoms with Crippen LogP contribution in [-0.4, -0.2) is 31.7 Å². The molecule has 0 aliphatic carbocycles. The molecule has 0 aromatic heterocycles. The lowest BCUT2D eigenvalue weighted by Gasteiger charge is -2.34. The van der Waals surface area contributed by atoms with Gasteiger partial charge in [0.1, 0.15) is 16.8 Å². The van der Waals surface area contributed by atoms with Crippen molar-refractivity contribution in [2.45, 2.75) is 23.9 Å². The van der Waals surface area contributed by atoms with E-state index in [0.717, 1.165) is 21.5 Å². The number of carbonyl (C=O) groups excluding carboxylic acids is 1. The molecule has 24 heavy (non-hydrogen) atoms. The van der Waals surface area contributed by atoms with E-state index in [2.05, 4.69) is 5.32 Å². The molecule has 0 spiro atoms. The first-order chi connectivity index (χ1) is 11.4. The number of sulfonamides is 1. The third-order valence-corrected chi connectivity index (χ3v) is 6.07. The first-order valence-corrected chi connectivity index (χ1v) is 8.94. The van der Waals surface area contributed by atoms with Crippen molar-refractivity contribution in [1.82, 2.24) is 9.62 Å². The van der Waals surface area contributed by atoms with Crippen LogP contribution < -0.4 is 5.32 Å². The van der Waals surface area contributed by atoms with Gasteiger partial charge in [-0.1, -0.05) is 36.4 Å². The number of rotatable bonds is 3. The van der Waals surface area contributed by atoms with Crippen molar-refractivity contribution in [3.05, 3.63) is 65.5 Å². The lowest BCUT2D eigenvalue weighted by Crippen LogP contribution is -2.51. The molecule has 1 aliphatic rings. The Bertz CT molecular complexity index is 883. The van der Waals surface area contributed by atoms with Gasteiger partial charge in [0.2, 0.25) is 15.9 Å². The van der Waals surface area contributed by atoms with Crippen LogP contribution in [0.5, 0.6) is 0 Å². The molecule has 0 radical (unpaired) electrons. The van der Waals surface area contributed by atoms with Crippen molar-refractivity contribution in [3.63, 3.8) is 0 Å². The lowest BCUT2D eigenvalue weighted by atomic mass is 9.95. The summed E-state index contributed by atoms with van der Waals surface area (Å²) < 4.78 is 41.0. The number of benzene rings is 2. The zero-order valence-corrected chi connectivity index (χ0v) is 13.9. The second kappa shape index (κ2) is 6.33. The van der Waals surface area contributed by atoms with E-state index in [-0.39, 0.29) is 13.0 Å². The minimum absolute atomic E-state index is 0.0327. The smallest absolute Gasteiger partial charge is 0.247 e. The molecule has 1 N–H and O–H groups in total. The fourth-order valence-corrected chi connectivity index (χ4v) is 4.55. The Kier molecular flexibility index (Phi) is 4.38. The van der Waals surface area contributed by atoms with Gasteiger partial charge >= 0.3 is 0 Å². The highest BCUT2D eigenvalue weighted by molar-refractivity contribution is 7.89. The van der Waals surface area contributed by atoms with E-state index >= 15 is 0 Å². The summed E-state index contributed by atoms with van der Waals surface area (Å²) in [6.07, 6.45) is 0.254. The molecule has 0 unspecified atom stereocenters. The third kappa shape index (κ3) is 2.81. The molecule has 1 heterocycles. The molecule has 0 fully saturated rings. The summed E-state index contributed by atoms with van der Waals surface area (Å²) in [4.78, 5) is 11.8. The molecule has 7 heteroatoms. The molecule has 1 aliphatic heterocycles. The van der Waals surface area contributed by atoms with Crippen molar-refractivity contribution in [2.24, 2.45) is 0 Å². The van der Waals surface area contributed by atoms with Crippen molar-refractivity contribution in [2.75, 3.05) is 7.05 Å². The average Bonchev–Trinajstić information content (AvgIpc) is 2.60. The standard InChI is InChI=1S/C17H17FN2O3S/c1-19-17(21)15-10-12-6-2-3-7-13(12)11-20(15)24(22,23)16-9-5-4-8-14(16)18/h2-9,15H,10-11H2,1H3,(H,19,21)/t15-/m1/s1. The Balaban J connectivity index is 2.10. The zero-order chi connectivity index (χ0) is 17.3. The SMILES string of the molecule is CNC(=O)[C@H]1Cc2ccccc2CN1S(=O)(=O)c1ccccc1F. The Labute approximate surface area is 140 Å². The normalized spacial score (nSPS) is 18.0. The van der Waals surface area contributed by atoms with Crippen molar-refractivity contribution in [3.8, 4) is 0 Å². The Morgan fingerprint density at radius 3 is 2.42 bits per heavy atom. The molecule has 126 valence electrons. The van der Waals surface area contributed by atoms with E-state index in [1.807, 2.05) is 24.3 Å². The highest BCUT2D eigenvalue weighted by Gasteiger charge is 2.40. The van der Waals surface area contributed by atoms with Gasteiger partial charge < -0.3 is 5.32 Å².